The smallest absolute Gasteiger partial charge is 0.122 e. The molecule has 18 heavy (non-hydrogen) atoms. The van der Waals surface area contributed by atoms with E-state index in [1.54, 1.807) is 0 Å². The Morgan fingerprint density at radius 3 is 2.94 bits per heavy atom. The number of hydrogen-bond acceptors (Lipinski definition) is 3. The summed E-state index contributed by atoms with van der Waals surface area (Å²) in [7, 11) is 2.20. The molecule has 1 aromatic heterocycles. The molecule has 3 nitrogen and oxygen atoms in total. The first-order valence-electron chi connectivity index (χ1n) is 7.19. The zero-order valence-corrected chi connectivity index (χ0v) is 11.9. The molecule has 1 aliphatic carbocycles. The van der Waals surface area contributed by atoms with Gasteiger partial charge in [-0.3, -0.25) is 4.90 Å². The fraction of sp³-hybridized carbons (Fsp3) is 0.733. The van der Waals surface area contributed by atoms with Crippen LogP contribution in [0.4, 0.5) is 0 Å². The van der Waals surface area contributed by atoms with E-state index < -0.39 is 0 Å². The molecule has 0 aliphatic heterocycles. The van der Waals surface area contributed by atoms with Crippen molar-refractivity contribution in [3.05, 3.63) is 23.7 Å². The molecule has 2 rings (SSSR count). The van der Waals surface area contributed by atoms with Gasteiger partial charge in [0.2, 0.25) is 0 Å². The minimum Gasteiger partial charge on any atom is -0.468 e. The summed E-state index contributed by atoms with van der Waals surface area (Å²) < 4.78 is 5.59. The van der Waals surface area contributed by atoms with Crippen LogP contribution in [-0.2, 0) is 13.1 Å². The lowest BCUT2D eigenvalue weighted by molar-refractivity contribution is 0.235. The van der Waals surface area contributed by atoms with Gasteiger partial charge in [-0.1, -0.05) is 13.3 Å². The van der Waals surface area contributed by atoms with E-state index in [9.17, 15) is 0 Å². The number of nitrogens with zero attached hydrogens (tertiary/aromatic N) is 1. The van der Waals surface area contributed by atoms with E-state index in [-0.39, 0.29) is 0 Å². The average molecular weight is 250 g/mol. The first-order valence-corrected chi connectivity index (χ1v) is 7.19. The molecule has 1 N–H and O–H groups in total. The van der Waals surface area contributed by atoms with Crippen LogP contribution in [-0.4, -0.2) is 24.0 Å². The summed E-state index contributed by atoms with van der Waals surface area (Å²) in [5.41, 5.74) is 1.33. The fourth-order valence-corrected chi connectivity index (χ4v) is 2.25. The molecule has 1 fully saturated rings. The van der Waals surface area contributed by atoms with Gasteiger partial charge in [-0.25, -0.2) is 0 Å². The maximum atomic E-state index is 5.59. The Bertz CT molecular complexity index is 357. The van der Waals surface area contributed by atoms with Crippen molar-refractivity contribution in [2.24, 2.45) is 0 Å². The van der Waals surface area contributed by atoms with Crippen molar-refractivity contribution in [1.29, 1.82) is 0 Å². The van der Waals surface area contributed by atoms with Crippen molar-refractivity contribution < 1.29 is 4.42 Å². The quantitative estimate of drug-likeness (QED) is 0.768. The summed E-state index contributed by atoms with van der Waals surface area (Å²) in [5, 5.41) is 3.51. The van der Waals surface area contributed by atoms with Gasteiger partial charge in [-0.2, -0.15) is 0 Å². The molecule has 0 radical (unpaired) electrons. The van der Waals surface area contributed by atoms with Gasteiger partial charge in [0.05, 0.1) is 12.8 Å². The van der Waals surface area contributed by atoms with Crippen molar-refractivity contribution in [1.82, 2.24) is 10.2 Å². The molecule has 0 spiro atoms. The molecule has 0 saturated heterocycles. The van der Waals surface area contributed by atoms with E-state index >= 15 is 0 Å². The molecule has 1 saturated carbocycles. The predicted octanol–water partition coefficient (Wildman–Crippen LogP) is 3.15. The number of furan rings is 1. The van der Waals surface area contributed by atoms with Gasteiger partial charge in [0.25, 0.3) is 0 Å². The Morgan fingerprint density at radius 1 is 1.50 bits per heavy atom. The molecule has 1 atom stereocenters. The lowest BCUT2D eigenvalue weighted by Crippen LogP contribution is -2.28. The van der Waals surface area contributed by atoms with Gasteiger partial charge >= 0.3 is 0 Å². The Labute approximate surface area is 111 Å². The molecule has 1 unspecified atom stereocenters. The highest BCUT2D eigenvalue weighted by Gasteiger charge is 2.21. The van der Waals surface area contributed by atoms with Crippen LogP contribution in [0.1, 0.15) is 50.9 Å². The Morgan fingerprint density at radius 2 is 2.28 bits per heavy atom. The third-order valence-electron chi connectivity index (χ3n) is 3.84. The second-order valence-electron chi connectivity index (χ2n) is 5.58. The lowest BCUT2D eigenvalue weighted by Gasteiger charge is -2.24. The van der Waals surface area contributed by atoms with Crippen molar-refractivity contribution in [2.75, 3.05) is 7.05 Å². The largest absolute Gasteiger partial charge is 0.468 e. The van der Waals surface area contributed by atoms with Crippen LogP contribution in [0, 0.1) is 0 Å². The van der Waals surface area contributed by atoms with E-state index in [1.165, 1.54) is 31.2 Å². The third-order valence-corrected chi connectivity index (χ3v) is 3.84. The van der Waals surface area contributed by atoms with Crippen molar-refractivity contribution >= 4 is 0 Å². The molecule has 0 amide bonds. The average Bonchev–Trinajstić information content (AvgIpc) is 3.08. The molecule has 3 heteroatoms. The van der Waals surface area contributed by atoms with Crippen LogP contribution in [0.25, 0.3) is 0 Å². The van der Waals surface area contributed by atoms with Gasteiger partial charge in [0.1, 0.15) is 5.76 Å². The van der Waals surface area contributed by atoms with Crippen LogP contribution < -0.4 is 5.32 Å². The van der Waals surface area contributed by atoms with E-state index in [1.807, 2.05) is 6.26 Å². The van der Waals surface area contributed by atoms with Crippen molar-refractivity contribution in [3.8, 4) is 0 Å². The summed E-state index contributed by atoms with van der Waals surface area (Å²) >= 11 is 0. The SMILES string of the molecule is CCCC(C)N(C)Cc1ccoc1CNC1CC1. The van der Waals surface area contributed by atoms with E-state index in [0.717, 1.165) is 24.9 Å². The van der Waals surface area contributed by atoms with Crippen LogP contribution >= 0.6 is 0 Å². The van der Waals surface area contributed by atoms with Crippen LogP contribution in [0.5, 0.6) is 0 Å². The number of nitrogens with one attached hydrogen (secondary N) is 1. The minimum absolute atomic E-state index is 0.633. The molecular formula is C15H26N2O. The first kappa shape index (κ1) is 13.6. The zero-order chi connectivity index (χ0) is 13.0. The second kappa shape index (κ2) is 6.39. The van der Waals surface area contributed by atoms with Crippen LogP contribution in [0.2, 0.25) is 0 Å². The van der Waals surface area contributed by atoms with Gasteiger partial charge in [0.15, 0.2) is 0 Å². The molecular weight excluding hydrogens is 224 g/mol. The van der Waals surface area contributed by atoms with Crippen molar-refractivity contribution in [3.63, 3.8) is 0 Å². The van der Waals surface area contributed by atoms with Gasteiger partial charge in [0, 0.05) is 24.2 Å². The first-order chi connectivity index (χ1) is 8.70. The van der Waals surface area contributed by atoms with Crippen LogP contribution in [0.3, 0.4) is 0 Å². The summed E-state index contributed by atoms with van der Waals surface area (Å²) in [6, 6.07) is 3.48. The second-order valence-corrected chi connectivity index (χ2v) is 5.58. The Balaban J connectivity index is 1.85. The number of hydrogen-bond donors (Lipinski definition) is 1. The van der Waals surface area contributed by atoms with Crippen LogP contribution in [0.15, 0.2) is 16.7 Å². The van der Waals surface area contributed by atoms with Crippen molar-refractivity contribution in [2.45, 2.75) is 64.7 Å². The van der Waals surface area contributed by atoms with Gasteiger partial charge in [-0.15, -0.1) is 0 Å². The summed E-state index contributed by atoms with van der Waals surface area (Å²) in [5.74, 6) is 1.11. The molecule has 1 aliphatic rings. The lowest BCUT2D eigenvalue weighted by atomic mass is 10.1. The normalized spacial score (nSPS) is 17.3. The molecule has 102 valence electrons. The van der Waals surface area contributed by atoms with E-state index in [2.05, 4.69) is 37.2 Å². The highest BCUT2D eigenvalue weighted by atomic mass is 16.3. The number of rotatable bonds is 8. The molecule has 1 aromatic rings. The fourth-order valence-electron chi connectivity index (χ4n) is 2.25. The van der Waals surface area contributed by atoms with Gasteiger partial charge < -0.3 is 9.73 Å². The standard InChI is InChI=1S/C15H26N2O/c1-4-5-12(2)17(3)11-13-8-9-18-15(13)10-16-14-6-7-14/h8-9,12,14,16H,4-7,10-11H2,1-3H3. The van der Waals surface area contributed by atoms with E-state index in [4.69, 9.17) is 4.42 Å². The summed E-state index contributed by atoms with van der Waals surface area (Å²) in [6.07, 6.45) is 6.96. The zero-order valence-electron chi connectivity index (χ0n) is 11.9. The molecule has 0 bridgehead atoms. The maximum Gasteiger partial charge on any atom is 0.122 e. The summed E-state index contributed by atoms with van der Waals surface area (Å²) in [4.78, 5) is 2.41. The topological polar surface area (TPSA) is 28.4 Å². The highest BCUT2D eigenvalue weighted by molar-refractivity contribution is 5.17. The highest BCUT2D eigenvalue weighted by Crippen LogP contribution is 2.21. The third kappa shape index (κ3) is 3.85. The minimum atomic E-state index is 0.633. The van der Waals surface area contributed by atoms with E-state index in [0.29, 0.717) is 6.04 Å². The van der Waals surface area contributed by atoms with Gasteiger partial charge in [-0.05, 0) is 39.3 Å². The predicted molar refractivity (Wildman–Crippen MR) is 74.4 cm³/mol. The Kier molecular flexibility index (Phi) is 4.84. The molecule has 0 aromatic carbocycles. The Hall–Kier alpha value is -0.800. The maximum absolute atomic E-state index is 5.59. The summed E-state index contributed by atoms with van der Waals surface area (Å²) in [6.45, 7) is 6.40. The molecule has 1 heterocycles. The monoisotopic (exact) mass is 250 g/mol.